The molecule has 0 aromatic heterocycles. The third kappa shape index (κ3) is 4.65. The number of benzene rings is 3. The van der Waals surface area contributed by atoms with Gasteiger partial charge in [0.05, 0.1) is 4.90 Å². The Bertz CT molecular complexity index is 1260. The molecule has 2 N–H and O–H groups in total. The maximum Gasteiger partial charge on any atom is 0.261 e. The van der Waals surface area contributed by atoms with Crippen LogP contribution >= 0.6 is 0 Å². The predicted octanol–water partition coefficient (Wildman–Crippen LogP) is 4.17. The number of carbonyl (C=O) groups is 2. The highest BCUT2D eigenvalue weighted by atomic mass is 32.2. The van der Waals surface area contributed by atoms with Gasteiger partial charge >= 0.3 is 0 Å². The van der Waals surface area contributed by atoms with Crippen LogP contribution in [0, 0.1) is 6.92 Å². The van der Waals surface area contributed by atoms with Crippen molar-refractivity contribution in [2.75, 3.05) is 21.5 Å². The van der Waals surface area contributed by atoms with Crippen LogP contribution in [0.1, 0.15) is 28.8 Å². The van der Waals surface area contributed by atoms with Gasteiger partial charge in [-0.2, -0.15) is 0 Å². The lowest BCUT2D eigenvalue weighted by Gasteiger charge is -2.19. The average Bonchev–Trinajstić information content (AvgIpc) is 3.21. The van der Waals surface area contributed by atoms with Gasteiger partial charge in [0.25, 0.3) is 15.9 Å². The van der Waals surface area contributed by atoms with Crippen molar-refractivity contribution in [2.45, 2.75) is 24.7 Å². The average molecular weight is 450 g/mol. The molecule has 0 aliphatic carbocycles. The van der Waals surface area contributed by atoms with E-state index in [1.54, 1.807) is 59.5 Å². The third-order valence-corrected chi connectivity index (χ3v) is 6.68. The highest BCUT2D eigenvalue weighted by Crippen LogP contribution is 2.28. The van der Waals surface area contributed by atoms with Crippen LogP contribution < -0.4 is 14.9 Å². The highest BCUT2D eigenvalue weighted by molar-refractivity contribution is 7.92. The van der Waals surface area contributed by atoms with Gasteiger partial charge in [0.2, 0.25) is 5.91 Å². The molecule has 0 unspecified atom stereocenters. The fraction of sp³-hybridized carbons (Fsp3) is 0.167. The van der Waals surface area contributed by atoms with Crippen molar-refractivity contribution >= 4 is 38.9 Å². The zero-order chi connectivity index (χ0) is 22.7. The van der Waals surface area contributed by atoms with Gasteiger partial charge in [-0.15, -0.1) is 0 Å². The summed E-state index contributed by atoms with van der Waals surface area (Å²) in [5, 5.41) is 2.84. The summed E-state index contributed by atoms with van der Waals surface area (Å²) in [5.74, 6) is -0.241. The summed E-state index contributed by atoms with van der Waals surface area (Å²) in [6.07, 6.45) is 1.37. The Balaban J connectivity index is 1.46. The summed E-state index contributed by atoms with van der Waals surface area (Å²) in [5.41, 5.74) is 3.09. The van der Waals surface area contributed by atoms with E-state index in [0.717, 1.165) is 17.7 Å². The van der Waals surface area contributed by atoms with Gasteiger partial charge in [-0.05, 0) is 67.4 Å². The maximum absolute atomic E-state index is 12.7. The second-order valence-corrected chi connectivity index (χ2v) is 9.28. The molecular weight excluding hydrogens is 426 g/mol. The normalized spacial score (nSPS) is 13.8. The molecule has 3 aromatic carbocycles. The lowest BCUT2D eigenvalue weighted by molar-refractivity contribution is -0.117. The molecule has 0 spiro atoms. The van der Waals surface area contributed by atoms with Crippen molar-refractivity contribution in [1.82, 2.24) is 0 Å². The van der Waals surface area contributed by atoms with Crippen molar-refractivity contribution < 1.29 is 18.0 Å². The van der Waals surface area contributed by atoms with Gasteiger partial charge < -0.3 is 10.2 Å². The fourth-order valence-corrected chi connectivity index (χ4v) is 4.67. The number of rotatable bonds is 6. The van der Waals surface area contributed by atoms with E-state index in [0.29, 0.717) is 29.9 Å². The number of nitrogens with one attached hydrogen (secondary N) is 2. The van der Waals surface area contributed by atoms with Crippen LogP contribution in [0.4, 0.5) is 17.1 Å². The van der Waals surface area contributed by atoms with E-state index in [1.165, 1.54) is 12.1 Å². The first-order valence-corrected chi connectivity index (χ1v) is 11.7. The van der Waals surface area contributed by atoms with Gasteiger partial charge in [-0.1, -0.05) is 24.3 Å². The maximum atomic E-state index is 12.7. The van der Waals surface area contributed by atoms with E-state index in [4.69, 9.17) is 0 Å². The van der Waals surface area contributed by atoms with Crippen LogP contribution in [0.5, 0.6) is 0 Å². The highest BCUT2D eigenvalue weighted by Gasteiger charge is 2.23. The van der Waals surface area contributed by atoms with Crippen molar-refractivity contribution in [1.29, 1.82) is 0 Å². The Kier molecular flexibility index (Phi) is 5.96. The number of hydrogen-bond acceptors (Lipinski definition) is 4. The van der Waals surface area contributed by atoms with Gasteiger partial charge in [0.15, 0.2) is 0 Å². The smallest absolute Gasteiger partial charge is 0.261 e. The van der Waals surface area contributed by atoms with Crippen molar-refractivity contribution in [3.05, 3.63) is 83.9 Å². The van der Waals surface area contributed by atoms with E-state index in [-0.39, 0.29) is 16.7 Å². The van der Waals surface area contributed by atoms with Crippen LogP contribution in [-0.2, 0) is 14.8 Å². The Morgan fingerprint density at radius 3 is 2.28 bits per heavy atom. The minimum absolute atomic E-state index is 0.0881. The summed E-state index contributed by atoms with van der Waals surface area (Å²) in [7, 11) is -3.70. The molecule has 1 heterocycles. The summed E-state index contributed by atoms with van der Waals surface area (Å²) >= 11 is 0. The number of nitrogens with zero attached hydrogens (tertiary/aromatic N) is 1. The van der Waals surface area contributed by atoms with E-state index >= 15 is 0 Å². The van der Waals surface area contributed by atoms with Gasteiger partial charge in [0, 0.05) is 35.6 Å². The van der Waals surface area contributed by atoms with Crippen molar-refractivity contribution in [2.24, 2.45) is 0 Å². The summed E-state index contributed by atoms with van der Waals surface area (Å²) in [4.78, 5) is 26.7. The van der Waals surface area contributed by atoms with Crippen LogP contribution in [-0.4, -0.2) is 26.8 Å². The molecule has 164 valence electrons. The molecular formula is C24H23N3O4S. The molecule has 0 atom stereocenters. The van der Waals surface area contributed by atoms with E-state index in [9.17, 15) is 18.0 Å². The van der Waals surface area contributed by atoms with Crippen LogP contribution in [0.15, 0.2) is 77.7 Å². The van der Waals surface area contributed by atoms with Crippen LogP contribution in [0.3, 0.4) is 0 Å². The number of carbonyl (C=O) groups excluding carboxylic acids is 2. The Morgan fingerprint density at radius 1 is 0.938 bits per heavy atom. The summed E-state index contributed by atoms with van der Waals surface area (Å²) in [6.45, 7) is 2.61. The Morgan fingerprint density at radius 2 is 1.62 bits per heavy atom. The standard InChI is InChI=1S/C24H23N3O4S/c1-17-9-12-20(16-22(17)27-15-5-8-23(27)28)25-24(29)18-10-13-19(14-11-18)26-32(30,31)21-6-3-2-4-7-21/h2-4,6-7,9-14,16,26H,5,8,15H2,1H3,(H,25,29). The van der Waals surface area contributed by atoms with Gasteiger partial charge in [-0.3, -0.25) is 14.3 Å². The van der Waals surface area contributed by atoms with Gasteiger partial charge in [0.1, 0.15) is 0 Å². The Labute approximate surface area is 187 Å². The second kappa shape index (κ2) is 8.84. The lowest BCUT2D eigenvalue weighted by Crippen LogP contribution is -2.24. The number of sulfonamides is 1. The number of aryl methyl sites for hydroxylation is 1. The zero-order valence-electron chi connectivity index (χ0n) is 17.5. The van der Waals surface area contributed by atoms with Crippen molar-refractivity contribution in [3.63, 3.8) is 0 Å². The first-order valence-electron chi connectivity index (χ1n) is 10.2. The number of anilines is 3. The molecule has 4 rings (SSSR count). The minimum atomic E-state index is -3.70. The first-order chi connectivity index (χ1) is 15.3. The van der Waals surface area contributed by atoms with E-state index in [2.05, 4.69) is 10.0 Å². The molecule has 0 saturated carbocycles. The SMILES string of the molecule is Cc1ccc(NC(=O)c2ccc(NS(=O)(=O)c3ccccc3)cc2)cc1N1CCCC1=O. The zero-order valence-corrected chi connectivity index (χ0v) is 18.4. The minimum Gasteiger partial charge on any atom is -0.322 e. The topological polar surface area (TPSA) is 95.6 Å². The molecule has 0 radical (unpaired) electrons. The van der Waals surface area contributed by atoms with Gasteiger partial charge in [-0.25, -0.2) is 8.42 Å². The fourth-order valence-electron chi connectivity index (χ4n) is 3.59. The molecule has 1 aliphatic heterocycles. The third-order valence-electron chi connectivity index (χ3n) is 5.28. The van der Waals surface area contributed by atoms with Crippen molar-refractivity contribution in [3.8, 4) is 0 Å². The monoisotopic (exact) mass is 449 g/mol. The van der Waals surface area contributed by atoms with E-state index < -0.39 is 10.0 Å². The molecule has 8 heteroatoms. The molecule has 1 aliphatic rings. The molecule has 0 bridgehead atoms. The summed E-state index contributed by atoms with van der Waals surface area (Å²) < 4.78 is 27.4. The second-order valence-electron chi connectivity index (χ2n) is 7.60. The summed E-state index contributed by atoms with van der Waals surface area (Å²) in [6, 6.07) is 19.7. The largest absolute Gasteiger partial charge is 0.322 e. The first kappa shape index (κ1) is 21.6. The lowest BCUT2D eigenvalue weighted by atomic mass is 10.1. The Hall–Kier alpha value is -3.65. The number of hydrogen-bond donors (Lipinski definition) is 2. The quantitative estimate of drug-likeness (QED) is 0.590. The molecule has 1 saturated heterocycles. The molecule has 32 heavy (non-hydrogen) atoms. The van der Waals surface area contributed by atoms with Crippen LogP contribution in [0.25, 0.3) is 0 Å². The molecule has 7 nitrogen and oxygen atoms in total. The number of amides is 2. The molecule has 2 amide bonds. The van der Waals surface area contributed by atoms with E-state index in [1.807, 2.05) is 13.0 Å². The van der Waals surface area contributed by atoms with Crippen LogP contribution in [0.2, 0.25) is 0 Å². The molecule has 1 fully saturated rings. The molecule has 3 aromatic rings. The predicted molar refractivity (Wildman–Crippen MR) is 124 cm³/mol.